The molecular formula is C15H22F3N2O4S+. The van der Waals surface area contributed by atoms with Crippen molar-refractivity contribution in [2.45, 2.75) is 24.0 Å². The smallest absolute Gasteiger partial charge is 0.416 e. The molecule has 0 aliphatic carbocycles. The molecule has 0 bridgehead atoms. The fraction of sp³-hybridized carbons (Fsp3) is 0.533. The first-order valence-corrected chi connectivity index (χ1v) is 8.82. The van der Waals surface area contributed by atoms with Gasteiger partial charge in [-0.3, -0.25) is 4.79 Å². The SMILES string of the molecule is CC(=O)OC[C@H](C[N+](C)(C)C)NS(=O)(=O)c1ccc(C(F)(F)F)cc1. The highest BCUT2D eigenvalue weighted by atomic mass is 32.2. The molecule has 25 heavy (non-hydrogen) atoms. The van der Waals surface area contributed by atoms with Crippen LogP contribution in [0.2, 0.25) is 0 Å². The second kappa shape index (κ2) is 7.71. The van der Waals surface area contributed by atoms with Gasteiger partial charge in [-0.25, -0.2) is 8.42 Å². The van der Waals surface area contributed by atoms with Crippen LogP contribution in [0.15, 0.2) is 29.2 Å². The van der Waals surface area contributed by atoms with Gasteiger partial charge in [-0.05, 0) is 24.3 Å². The van der Waals surface area contributed by atoms with Gasteiger partial charge in [-0.2, -0.15) is 17.9 Å². The molecule has 0 aliphatic rings. The maximum atomic E-state index is 12.6. The first-order chi connectivity index (χ1) is 11.2. The molecule has 1 N–H and O–H groups in total. The topological polar surface area (TPSA) is 72.5 Å². The van der Waals surface area contributed by atoms with Crippen LogP contribution in [0, 0.1) is 0 Å². The normalized spacial score (nSPS) is 14.2. The first kappa shape index (κ1) is 21.4. The van der Waals surface area contributed by atoms with Crippen molar-refractivity contribution in [2.75, 3.05) is 34.3 Å². The summed E-state index contributed by atoms with van der Waals surface area (Å²) < 4.78 is 70.1. The fourth-order valence-electron chi connectivity index (χ4n) is 2.11. The summed E-state index contributed by atoms with van der Waals surface area (Å²) in [6.45, 7) is 1.34. The van der Waals surface area contributed by atoms with E-state index in [1.807, 2.05) is 21.1 Å². The van der Waals surface area contributed by atoms with Gasteiger partial charge in [0.25, 0.3) is 0 Å². The third-order valence-electron chi connectivity index (χ3n) is 3.07. The minimum atomic E-state index is -4.54. The Hall–Kier alpha value is -1.65. The number of benzene rings is 1. The second-order valence-electron chi connectivity index (χ2n) is 6.62. The van der Waals surface area contributed by atoms with Crippen molar-refractivity contribution in [1.82, 2.24) is 4.72 Å². The molecule has 0 saturated heterocycles. The molecule has 6 nitrogen and oxygen atoms in total. The van der Waals surface area contributed by atoms with Crippen molar-refractivity contribution in [1.29, 1.82) is 0 Å². The van der Waals surface area contributed by atoms with E-state index in [9.17, 15) is 26.4 Å². The van der Waals surface area contributed by atoms with E-state index in [0.29, 0.717) is 23.2 Å². The highest BCUT2D eigenvalue weighted by Crippen LogP contribution is 2.29. The second-order valence-corrected chi connectivity index (χ2v) is 8.33. The van der Waals surface area contributed by atoms with Crippen LogP contribution in [0.3, 0.4) is 0 Å². The van der Waals surface area contributed by atoms with Gasteiger partial charge in [0, 0.05) is 6.92 Å². The molecule has 0 aliphatic heterocycles. The molecule has 0 fully saturated rings. The van der Waals surface area contributed by atoms with Crippen LogP contribution in [0.4, 0.5) is 13.2 Å². The zero-order valence-corrected chi connectivity index (χ0v) is 15.2. The Morgan fingerprint density at radius 3 is 2.12 bits per heavy atom. The van der Waals surface area contributed by atoms with E-state index in [-0.39, 0.29) is 11.5 Å². The van der Waals surface area contributed by atoms with E-state index < -0.39 is 33.8 Å². The van der Waals surface area contributed by atoms with Gasteiger partial charge in [0.2, 0.25) is 10.0 Å². The molecule has 1 atom stereocenters. The number of nitrogens with zero attached hydrogens (tertiary/aromatic N) is 1. The highest BCUT2D eigenvalue weighted by Gasteiger charge is 2.31. The summed E-state index contributed by atoms with van der Waals surface area (Å²) in [6, 6.07) is 2.46. The van der Waals surface area contributed by atoms with E-state index in [0.717, 1.165) is 12.1 Å². The third kappa shape index (κ3) is 7.41. The van der Waals surface area contributed by atoms with Crippen LogP contribution >= 0.6 is 0 Å². The van der Waals surface area contributed by atoms with Gasteiger partial charge in [0.1, 0.15) is 12.6 Å². The largest absolute Gasteiger partial charge is 0.464 e. The van der Waals surface area contributed by atoms with Gasteiger partial charge >= 0.3 is 12.1 Å². The summed E-state index contributed by atoms with van der Waals surface area (Å²) in [4.78, 5) is 10.7. The van der Waals surface area contributed by atoms with Gasteiger partial charge < -0.3 is 9.22 Å². The van der Waals surface area contributed by atoms with Crippen molar-refractivity contribution >= 4 is 16.0 Å². The minimum absolute atomic E-state index is 0.176. The number of likely N-dealkylation sites (N-methyl/N-ethyl adjacent to an activating group) is 1. The summed E-state index contributed by atoms with van der Waals surface area (Å²) in [6.07, 6.45) is -4.54. The average Bonchev–Trinajstić information content (AvgIpc) is 2.42. The standard InChI is InChI=1S/C15H22F3N2O4S/c1-11(21)24-10-13(9-20(2,3)4)19-25(22,23)14-7-5-12(6-8-14)15(16,17)18/h5-8,13,19H,9-10H2,1-4H3/q+1/t13-/m0/s1. The number of rotatable bonds is 7. The number of ether oxygens (including phenoxy) is 1. The van der Waals surface area contributed by atoms with E-state index in [1.54, 1.807) is 0 Å². The Labute approximate surface area is 145 Å². The summed E-state index contributed by atoms with van der Waals surface area (Å²) in [5, 5.41) is 0. The molecule has 0 radical (unpaired) electrons. The Balaban J connectivity index is 2.98. The summed E-state index contributed by atoms with van der Waals surface area (Å²) in [5.74, 6) is -0.555. The van der Waals surface area contributed by atoms with Crippen molar-refractivity contribution in [3.05, 3.63) is 29.8 Å². The van der Waals surface area contributed by atoms with Crippen LogP contribution in [0.25, 0.3) is 0 Å². The molecule has 0 spiro atoms. The van der Waals surface area contributed by atoms with E-state index in [2.05, 4.69) is 4.72 Å². The van der Waals surface area contributed by atoms with E-state index >= 15 is 0 Å². The number of halogens is 3. The lowest BCUT2D eigenvalue weighted by Gasteiger charge is -2.29. The molecule has 1 aromatic rings. The molecule has 0 aromatic heterocycles. The first-order valence-electron chi connectivity index (χ1n) is 7.34. The van der Waals surface area contributed by atoms with Gasteiger partial charge in [0.15, 0.2) is 0 Å². The van der Waals surface area contributed by atoms with Crippen molar-refractivity contribution < 1.29 is 35.6 Å². The monoisotopic (exact) mass is 383 g/mol. The van der Waals surface area contributed by atoms with Crippen LogP contribution in [-0.2, 0) is 25.7 Å². The molecule has 0 saturated carbocycles. The van der Waals surface area contributed by atoms with Crippen molar-refractivity contribution in [2.24, 2.45) is 0 Å². The van der Waals surface area contributed by atoms with Gasteiger partial charge in [-0.1, -0.05) is 0 Å². The van der Waals surface area contributed by atoms with Crippen LogP contribution in [0.5, 0.6) is 0 Å². The lowest BCUT2D eigenvalue weighted by molar-refractivity contribution is -0.871. The summed E-state index contributed by atoms with van der Waals surface area (Å²) in [5.41, 5.74) is -0.936. The Bertz CT molecular complexity index is 695. The lowest BCUT2D eigenvalue weighted by Crippen LogP contribution is -2.51. The molecule has 0 heterocycles. The molecule has 1 rings (SSSR count). The predicted molar refractivity (Wildman–Crippen MR) is 85.1 cm³/mol. The number of quaternary nitrogens is 1. The number of carbonyl (C=O) groups excluding carboxylic acids is 1. The van der Waals surface area contributed by atoms with Crippen molar-refractivity contribution in [3.8, 4) is 0 Å². The van der Waals surface area contributed by atoms with Gasteiger partial charge in [0.05, 0.1) is 38.1 Å². The maximum absolute atomic E-state index is 12.6. The maximum Gasteiger partial charge on any atom is 0.416 e. The van der Waals surface area contributed by atoms with Crippen LogP contribution in [-0.4, -0.2) is 59.2 Å². The summed E-state index contributed by atoms with van der Waals surface area (Å²) >= 11 is 0. The Kier molecular flexibility index (Phi) is 6.60. The summed E-state index contributed by atoms with van der Waals surface area (Å²) in [7, 11) is 1.42. The Morgan fingerprint density at radius 1 is 1.20 bits per heavy atom. The fourth-order valence-corrected chi connectivity index (χ4v) is 3.33. The third-order valence-corrected chi connectivity index (χ3v) is 4.61. The van der Waals surface area contributed by atoms with E-state index in [1.165, 1.54) is 6.92 Å². The zero-order valence-electron chi connectivity index (χ0n) is 14.4. The predicted octanol–water partition coefficient (Wildman–Crippen LogP) is 1.62. The molecule has 10 heteroatoms. The van der Waals surface area contributed by atoms with E-state index in [4.69, 9.17) is 4.74 Å². The van der Waals surface area contributed by atoms with Crippen LogP contribution < -0.4 is 4.72 Å². The number of nitrogens with one attached hydrogen (secondary N) is 1. The lowest BCUT2D eigenvalue weighted by atomic mass is 10.2. The molecule has 1 aromatic carbocycles. The highest BCUT2D eigenvalue weighted by molar-refractivity contribution is 7.89. The number of hydrogen-bond donors (Lipinski definition) is 1. The van der Waals surface area contributed by atoms with Crippen LogP contribution in [0.1, 0.15) is 12.5 Å². The number of hydrogen-bond acceptors (Lipinski definition) is 4. The number of esters is 1. The number of sulfonamides is 1. The molecular weight excluding hydrogens is 361 g/mol. The zero-order chi connectivity index (χ0) is 19.5. The average molecular weight is 383 g/mol. The Morgan fingerprint density at radius 2 is 1.72 bits per heavy atom. The van der Waals surface area contributed by atoms with Crippen molar-refractivity contribution in [3.63, 3.8) is 0 Å². The molecule has 142 valence electrons. The number of alkyl halides is 3. The molecule has 0 unspecified atom stereocenters. The minimum Gasteiger partial charge on any atom is -0.464 e. The van der Waals surface area contributed by atoms with Gasteiger partial charge in [-0.15, -0.1) is 0 Å². The number of carbonyl (C=O) groups is 1. The quantitative estimate of drug-likeness (QED) is 0.574. The molecule has 0 amide bonds.